The van der Waals surface area contributed by atoms with Gasteiger partial charge in [0.05, 0.1) is 0 Å². The van der Waals surface area contributed by atoms with Crippen molar-refractivity contribution in [1.82, 2.24) is 15.1 Å². The van der Waals surface area contributed by atoms with E-state index in [1.54, 1.807) is 0 Å². The molecule has 0 spiro atoms. The summed E-state index contributed by atoms with van der Waals surface area (Å²) >= 11 is 0. The molecule has 0 bridgehead atoms. The fourth-order valence-electron chi connectivity index (χ4n) is 3.55. The Morgan fingerprint density at radius 1 is 1.35 bits per heavy atom. The van der Waals surface area contributed by atoms with E-state index in [1.807, 2.05) is 0 Å². The van der Waals surface area contributed by atoms with Crippen molar-refractivity contribution in [2.75, 3.05) is 33.7 Å². The maximum atomic E-state index is 3.47. The summed E-state index contributed by atoms with van der Waals surface area (Å²) in [6.07, 6.45) is 3.85. The van der Waals surface area contributed by atoms with Gasteiger partial charge in [-0.25, -0.2) is 0 Å². The van der Waals surface area contributed by atoms with Gasteiger partial charge < -0.3 is 10.2 Å². The van der Waals surface area contributed by atoms with Crippen LogP contribution in [-0.4, -0.2) is 49.6 Å². The van der Waals surface area contributed by atoms with Crippen LogP contribution in [0.15, 0.2) is 18.2 Å². The maximum absolute atomic E-state index is 3.47. The van der Waals surface area contributed by atoms with E-state index in [0.29, 0.717) is 6.04 Å². The Kier molecular flexibility index (Phi) is 4.39. The Bertz CT molecular complexity index is 458. The summed E-state index contributed by atoms with van der Waals surface area (Å²) in [5, 5.41) is 3.47. The van der Waals surface area contributed by atoms with Crippen molar-refractivity contribution >= 4 is 0 Å². The first kappa shape index (κ1) is 14.1. The molecule has 2 aliphatic rings. The number of benzene rings is 1. The Balaban J connectivity index is 1.64. The fourth-order valence-corrected chi connectivity index (χ4v) is 3.55. The number of fused-ring (bicyclic) bond motifs is 1. The summed E-state index contributed by atoms with van der Waals surface area (Å²) in [6, 6.07) is 7.78. The molecule has 3 nitrogen and oxygen atoms in total. The number of likely N-dealkylation sites (tertiary alicyclic amines) is 1. The number of hydrogen-bond donors (Lipinski definition) is 1. The van der Waals surface area contributed by atoms with Gasteiger partial charge in [-0.05, 0) is 63.1 Å². The summed E-state index contributed by atoms with van der Waals surface area (Å²) in [4.78, 5) is 5.00. The van der Waals surface area contributed by atoms with E-state index >= 15 is 0 Å². The van der Waals surface area contributed by atoms with Gasteiger partial charge in [-0.1, -0.05) is 18.2 Å². The topological polar surface area (TPSA) is 18.5 Å². The third-order valence-electron chi connectivity index (χ3n) is 4.81. The Labute approximate surface area is 123 Å². The monoisotopic (exact) mass is 273 g/mol. The first-order chi connectivity index (χ1) is 9.72. The Morgan fingerprint density at radius 2 is 2.25 bits per heavy atom. The second kappa shape index (κ2) is 6.25. The van der Waals surface area contributed by atoms with E-state index in [1.165, 1.54) is 49.0 Å². The first-order valence-electron chi connectivity index (χ1n) is 7.92. The minimum Gasteiger partial charge on any atom is -0.312 e. The third-order valence-corrected chi connectivity index (χ3v) is 4.81. The largest absolute Gasteiger partial charge is 0.312 e. The second-order valence-electron chi connectivity index (χ2n) is 6.50. The van der Waals surface area contributed by atoms with Crippen LogP contribution in [0.5, 0.6) is 0 Å². The highest BCUT2D eigenvalue weighted by atomic mass is 15.2. The predicted octanol–water partition coefficient (Wildman–Crippen LogP) is 1.86. The lowest BCUT2D eigenvalue weighted by atomic mass is 9.98. The molecule has 1 atom stereocenters. The highest BCUT2D eigenvalue weighted by Gasteiger charge is 2.21. The van der Waals surface area contributed by atoms with Gasteiger partial charge in [-0.3, -0.25) is 4.90 Å². The lowest BCUT2D eigenvalue weighted by Crippen LogP contribution is -2.44. The average Bonchev–Trinajstić information content (AvgIpc) is 2.47. The van der Waals surface area contributed by atoms with Gasteiger partial charge in [0.15, 0.2) is 0 Å². The molecule has 1 saturated heterocycles. The van der Waals surface area contributed by atoms with Crippen LogP contribution >= 0.6 is 0 Å². The number of nitrogens with zero attached hydrogens (tertiary/aromatic N) is 2. The normalized spacial score (nSPS) is 23.9. The third kappa shape index (κ3) is 3.22. The quantitative estimate of drug-likeness (QED) is 0.907. The molecule has 3 heteroatoms. The molecule has 1 aromatic rings. The zero-order valence-corrected chi connectivity index (χ0v) is 12.9. The molecule has 1 unspecified atom stereocenters. The van der Waals surface area contributed by atoms with E-state index < -0.39 is 0 Å². The summed E-state index contributed by atoms with van der Waals surface area (Å²) < 4.78 is 0. The molecule has 1 aromatic carbocycles. The maximum Gasteiger partial charge on any atom is 0.0234 e. The fraction of sp³-hybridized carbons (Fsp3) is 0.647. The van der Waals surface area contributed by atoms with Gasteiger partial charge in [-0.15, -0.1) is 0 Å². The van der Waals surface area contributed by atoms with Crippen LogP contribution in [0.4, 0.5) is 0 Å². The van der Waals surface area contributed by atoms with Gasteiger partial charge >= 0.3 is 0 Å². The average molecular weight is 273 g/mol. The van der Waals surface area contributed by atoms with Gasteiger partial charge in [-0.2, -0.15) is 0 Å². The van der Waals surface area contributed by atoms with Gasteiger partial charge in [0.1, 0.15) is 0 Å². The minimum absolute atomic E-state index is 0.711. The van der Waals surface area contributed by atoms with Crippen molar-refractivity contribution in [2.24, 2.45) is 0 Å². The van der Waals surface area contributed by atoms with Crippen LogP contribution in [-0.2, 0) is 19.5 Å². The first-order valence-corrected chi connectivity index (χ1v) is 7.92. The predicted molar refractivity (Wildman–Crippen MR) is 83.8 cm³/mol. The molecule has 2 aliphatic heterocycles. The molecule has 1 N–H and O–H groups in total. The summed E-state index contributed by atoms with van der Waals surface area (Å²) in [5.74, 6) is 0. The summed E-state index contributed by atoms with van der Waals surface area (Å²) in [5.41, 5.74) is 4.50. The molecular weight excluding hydrogens is 246 g/mol. The highest BCUT2D eigenvalue weighted by molar-refractivity contribution is 5.33. The van der Waals surface area contributed by atoms with Crippen molar-refractivity contribution in [3.63, 3.8) is 0 Å². The molecule has 2 heterocycles. The summed E-state index contributed by atoms with van der Waals surface area (Å²) in [6.45, 7) is 5.71. The molecule has 0 saturated carbocycles. The zero-order chi connectivity index (χ0) is 13.9. The Morgan fingerprint density at radius 3 is 3.10 bits per heavy atom. The molecule has 110 valence electrons. The van der Waals surface area contributed by atoms with E-state index in [4.69, 9.17) is 0 Å². The standard InChI is InChI=1S/C17H27N3/c1-19-9-3-4-17(13-19)20(2)12-14-5-6-15-7-8-18-11-16(15)10-14/h5-6,10,17-18H,3-4,7-9,11-13H2,1-2H3. The molecule has 0 radical (unpaired) electrons. The van der Waals surface area contributed by atoms with Crippen molar-refractivity contribution in [2.45, 2.75) is 38.4 Å². The van der Waals surface area contributed by atoms with Crippen LogP contribution in [0.1, 0.15) is 29.5 Å². The molecule has 0 aromatic heterocycles. The van der Waals surface area contributed by atoms with Crippen LogP contribution < -0.4 is 5.32 Å². The van der Waals surface area contributed by atoms with Gasteiger partial charge in [0.25, 0.3) is 0 Å². The SMILES string of the molecule is CN1CCCC(N(C)Cc2ccc3c(c2)CNCC3)C1. The van der Waals surface area contributed by atoms with E-state index in [9.17, 15) is 0 Å². The van der Waals surface area contributed by atoms with Crippen LogP contribution in [0.2, 0.25) is 0 Å². The van der Waals surface area contributed by atoms with Crippen LogP contribution in [0, 0.1) is 0 Å². The van der Waals surface area contributed by atoms with E-state index in [0.717, 1.165) is 19.6 Å². The van der Waals surface area contributed by atoms with Crippen LogP contribution in [0.25, 0.3) is 0 Å². The molecule has 20 heavy (non-hydrogen) atoms. The number of nitrogens with one attached hydrogen (secondary N) is 1. The lowest BCUT2D eigenvalue weighted by Gasteiger charge is -2.36. The zero-order valence-electron chi connectivity index (χ0n) is 12.9. The number of piperidine rings is 1. The van der Waals surface area contributed by atoms with Gasteiger partial charge in [0.2, 0.25) is 0 Å². The molecule has 1 fully saturated rings. The Hall–Kier alpha value is -0.900. The number of rotatable bonds is 3. The van der Waals surface area contributed by atoms with Crippen molar-refractivity contribution < 1.29 is 0 Å². The van der Waals surface area contributed by atoms with Crippen LogP contribution in [0.3, 0.4) is 0 Å². The number of hydrogen-bond acceptors (Lipinski definition) is 3. The minimum atomic E-state index is 0.711. The van der Waals surface area contributed by atoms with Gasteiger partial charge in [0, 0.05) is 25.7 Å². The molecule has 0 amide bonds. The van der Waals surface area contributed by atoms with Crippen molar-refractivity contribution in [3.05, 3.63) is 34.9 Å². The molecule has 0 aliphatic carbocycles. The van der Waals surface area contributed by atoms with E-state index in [-0.39, 0.29) is 0 Å². The van der Waals surface area contributed by atoms with E-state index in [2.05, 4.69) is 47.4 Å². The number of likely N-dealkylation sites (N-methyl/N-ethyl adjacent to an activating group) is 2. The van der Waals surface area contributed by atoms with Crippen molar-refractivity contribution in [1.29, 1.82) is 0 Å². The smallest absolute Gasteiger partial charge is 0.0234 e. The van der Waals surface area contributed by atoms with Crippen molar-refractivity contribution in [3.8, 4) is 0 Å². The lowest BCUT2D eigenvalue weighted by molar-refractivity contribution is 0.129. The second-order valence-corrected chi connectivity index (χ2v) is 6.50. The summed E-state index contributed by atoms with van der Waals surface area (Å²) in [7, 11) is 4.52. The molecule has 3 rings (SSSR count). The molecular formula is C17H27N3. The highest BCUT2D eigenvalue weighted by Crippen LogP contribution is 2.19.